The van der Waals surface area contributed by atoms with Crippen LogP contribution in [0.4, 0.5) is 0 Å². The molecule has 0 atom stereocenters. The molecule has 0 aromatic heterocycles. The van der Waals surface area contributed by atoms with Gasteiger partial charge in [0, 0.05) is 18.8 Å². The van der Waals surface area contributed by atoms with Crippen molar-refractivity contribution in [2.24, 2.45) is 0 Å². The van der Waals surface area contributed by atoms with Crippen LogP contribution >= 0.6 is 0 Å². The minimum absolute atomic E-state index is 0.108. The highest BCUT2D eigenvalue weighted by molar-refractivity contribution is 5.95. The Balaban J connectivity index is 3.21. The van der Waals surface area contributed by atoms with Crippen molar-refractivity contribution in [3.63, 3.8) is 0 Å². The fourth-order valence-electron chi connectivity index (χ4n) is 1.21. The lowest BCUT2D eigenvalue weighted by molar-refractivity contribution is -0.116. The number of carbonyl (C=O) groups is 1. The van der Waals surface area contributed by atoms with Crippen LogP contribution in [0.3, 0.4) is 0 Å². The van der Waals surface area contributed by atoms with Gasteiger partial charge < -0.3 is 0 Å². The van der Waals surface area contributed by atoms with Crippen molar-refractivity contribution in [3.8, 4) is 0 Å². The topological polar surface area (TPSA) is 17.1 Å². The summed E-state index contributed by atoms with van der Waals surface area (Å²) in [6.45, 7) is -3.32. The lowest BCUT2D eigenvalue weighted by Gasteiger charge is -2.11. The zero-order valence-electron chi connectivity index (χ0n) is 15.8. The van der Waals surface area contributed by atoms with E-state index in [9.17, 15) is 4.79 Å². The number of carbonyl (C=O) groups excluding carboxylic acids is 1. The lowest BCUT2D eigenvalue weighted by Crippen LogP contribution is -2.08. The SMILES string of the molecule is [2H]C([2H])([2H])C([2H])([2H])C([2H])([2H])C([2H])([2H])/C=C1/CCCCC1=O. The van der Waals surface area contributed by atoms with Crippen LogP contribution in [-0.2, 0) is 4.79 Å². The molecule has 12 heavy (non-hydrogen) atoms. The van der Waals surface area contributed by atoms with Gasteiger partial charge in [-0.1, -0.05) is 25.7 Å². The van der Waals surface area contributed by atoms with Crippen LogP contribution in [0, 0.1) is 0 Å². The van der Waals surface area contributed by atoms with Crippen LogP contribution in [0.1, 0.15) is 64.0 Å². The van der Waals surface area contributed by atoms with E-state index in [4.69, 9.17) is 12.3 Å². The number of allylic oxidation sites excluding steroid dienone is 2. The summed E-state index contributed by atoms with van der Waals surface area (Å²) in [5.74, 6) is -0.296. The number of hydrogen-bond acceptors (Lipinski definition) is 1. The van der Waals surface area contributed by atoms with E-state index in [0.29, 0.717) is 19.3 Å². The average molecular weight is 175 g/mol. The molecule has 0 aromatic carbocycles. The molecule has 1 heteroatoms. The van der Waals surface area contributed by atoms with E-state index in [1.165, 1.54) is 0 Å². The molecule has 1 fully saturated rings. The monoisotopic (exact) mass is 175 g/mol. The molecule has 1 rings (SSSR count). The number of hydrogen-bond donors (Lipinski definition) is 0. The predicted molar refractivity (Wildman–Crippen MR) is 51.1 cm³/mol. The zero-order valence-corrected chi connectivity index (χ0v) is 6.81. The molecular weight excluding hydrogens is 148 g/mol. The van der Waals surface area contributed by atoms with E-state index in [0.717, 1.165) is 6.08 Å². The fourth-order valence-corrected chi connectivity index (χ4v) is 1.21. The van der Waals surface area contributed by atoms with Gasteiger partial charge >= 0.3 is 0 Å². The molecule has 0 amide bonds. The van der Waals surface area contributed by atoms with E-state index in [2.05, 4.69) is 0 Å². The van der Waals surface area contributed by atoms with E-state index in [1.807, 2.05) is 0 Å². The molecule has 0 bridgehead atoms. The molecule has 0 heterocycles. The first-order valence-corrected chi connectivity index (χ1v) is 3.99. The van der Waals surface area contributed by atoms with E-state index in [-0.39, 0.29) is 17.8 Å². The fraction of sp³-hybridized carbons (Fsp3) is 0.727. The minimum atomic E-state index is -3.39. The van der Waals surface area contributed by atoms with Crippen molar-refractivity contribution >= 4 is 5.78 Å². The Morgan fingerprint density at radius 2 is 2.42 bits per heavy atom. The standard InChI is InChI=1S/C11H18O/c1-2-3-4-7-10-8-5-6-9-11(10)12/h7H,2-6,8-9H2,1H3/b10-7-/i1D3,2D2,3D2,4D2. The Kier molecular flexibility index (Phi) is 1.27. The van der Waals surface area contributed by atoms with E-state index < -0.39 is 26.0 Å². The maximum Gasteiger partial charge on any atom is 0.158 e. The molecule has 1 aliphatic rings. The predicted octanol–water partition coefficient (Wildman–Crippen LogP) is 3.25. The van der Waals surface area contributed by atoms with Crippen molar-refractivity contribution in [1.29, 1.82) is 0 Å². The molecule has 68 valence electrons. The van der Waals surface area contributed by atoms with Crippen LogP contribution in [-0.4, -0.2) is 5.78 Å². The Labute approximate surface area is 87.5 Å². The van der Waals surface area contributed by atoms with Gasteiger partial charge in [-0.05, 0) is 31.2 Å². The first kappa shape index (κ1) is 2.97. The summed E-state index contributed by atoms with van der Waals surface area (Å²) in [5.41, 5.74) is 0.108. The highest BCUT2D eigenvalue weighted by Crippen LogP contribution is 2.20. The van der Waals surface area contributed by atoms with Gasteiger partial charge in [-0.3, -0.25) is 4.79 Å². The number of rotatable bonds is 3. The van der Waals surface area contributed by atoms with Gasteiger partial charge in [-0.15, -0.1) is 0 Å². The van der Waals surface area contributed by atoms with Gasteiger partial charge in [0.1, 0.15) is 0 Å². The van der Waals surface area contributed by atoms with Crippen LogP contribution in [0.5, 0.6) is 0 Å². The second-order valence-electron chi connectivity index (χ2n) is 2.69. The molecule has 1 saturated carbocycles. The minimum Gasteiger partial charge on any atom is -0.295 e. The summed E-state index contributed by atoms with van der Waals surface area (Å²) < 4.78 is 67.1. The van der Waals surface area contributed by atoms with Crippen LogP contribution < -0.4 is 0 Å². The van der Waals surface area contributed by atoms with Gasteiger partial charge in [-0.25, -0.2) is 0 Å². The largest absolute Gasteiger partial charge is 0.295 e. The summed E-state index contributed by atoms with van der Waals surface area (Å²) in [6, 6.07) is 0. The Morgan fingerprint density at radius 3 is 3.17 bits per heavy atom. The smallest absolute Gasteiger partial charge is 0.158 e. The molecule has 0 unspecified atom stereocenters. The molecule has 0 aromatic rings. The van der Waals surface area contributed by atoms with Gasteiger partial charge in [0.15, 0.2) is 5.78 Å². The average Bonchev–Trinajstić information content (AvgIpc) is 2.30. The summed E-state index contributed by atoms with van der Waals surface area (Å²) in [5, 5.41) is 0. The van der Waals surface area contributed by atoms with E-state index in [1.54, 1.807) is 0 Å². The first-order chi connectivity index (χ1) is 9.24. The van der Waals surface area contributed by atoms with Crippen molar-refractivity contribution < 1.29 is 17.1 Å². The van der Waals surface area contributed by atoms with Crippen molar-refractivity contribution in [2.75, 3.05) is 0 Å². The third kappa shape index (κ3) is 2.80. The summed E-state index contributed by atoms with van der Waals surface area (Å²) in [7, 11) is 0. The number of Topliss-reactive ketones (excluding diaryl/α,β-unsaturated/α-hetero) is 1. The summed E-state index contributed by atoms with van der Waals surface area (Å²) in [4.78, 5) is 11.7. The highest BCUT2D eigenvalue weighted by Gasteiger charge is 2.13. The molecular formula is C11H18O. The second-order valence-corrected chi connectivity index (χ2v) is 2.69. The normalized spacial score (nSPS) is 37.5. The Bertz CT molecular complexity index is 447. The zero-order chi connectivity index (χ0) is 16.7. The summed E-state index contributed by atoms with van der Waals surface area (Å²) >= 11 is 0. The van der Waals surface area contributed by atoms with E-state index >= 15 is 0 Å². The van der Waals surface area contributed by atoms with Crippen molar-refractivity contribution in [1.82, 2.24) is 0 Å². The van der Waals surface area contributed by atoms with Crippen LogP contribution in [0.15, 0.2) is 11.6 Å². The molecule has 0 radical (unpaired) electrons. The molecule has 0 aliphatic heterocycles. The Morgan fingerprint density at radius 1 is 1.58 bits per heavy atom. The van der Waals surface area contributed by atoms with Gasteiger partial charge in [0.25, 0.3) is 0 Å². The van der Waals surface area contributed by atoms with Crippen LogP contribution in [0.2, 0.25) is 0 Å². The maximum atomic E-state index is 11.7. The quantitative estimate of drug-likeness (QED) is 0.602. The molecule has 0 N–H and O–H groups in total. The molecule has 0 spiro atoms. The maximum absolute atomic E-state index is 11.7. The highest BCUT2D eigenvalue weighted by atomic mass is 16.1. The van der Waals surface area contributed by atoms with Crippen molar-refractivity contribution in [3.05, 3.63) is 11.6 Å². The molecule has 1 aliphatic carbocycles. The third-order valence-electron chi connectivity index (χ3n) is 1.84. The molecule has 1 nitrogen and oxygen atoms in total. The van der Waals surface area contributed by atoms with Crippen LogP contribution in [0.25, 0.3) is 0 Å². The third-order valence-corrected chi connectivity index (χ3v) is 1.84. The van der Waals surface area contributed by atoms with Crippen molar-refractivity contribution in [2.45, 2.75) is 51.7 Å². The van der Waals surface area contributed by atoms with Gasteiger partial charge in [-0.2, -0.15) is 0 Å². The van der Waals surface area contributed by atoms with Gasteiger partial charge in [0.05, 0.1) is 0 Å². The first-order valence-electron chi connectivity index (χ1n) is 8.49. The second kappa shape index (κ2) is 5.13. The summed E-state index contributed by atoms with van der Waals surface area (Å²) in [6.07, 6.45) is -6.95. The van der Waals surface area contributed by atoms with Gasteiger partial charge in [0.2, 0.25) is 0 Å². The molecule has 0 saturated heterocycles. The Hall–Kier alpha value is -0.590. The lowest BCUT2D eigenvalue weighted by atomic mass is 9.92. The number of ketones is 1.